The van der Waals surface area contributed by atoms with Gasteiger partial charge in [-0.05, 0) is 36.4 Å². The average molecular weight is 403 g/mol. The number of benzene rings is 1. The van der Waals surface area contributed by atoms with Crippen LogP contribution in [0.15, 0.2) is 92.1 Å². The van der Waals surface area contributed by atoms with Crippen LogP contribution < -0.4 is 0 Å². The van der Waals surface area contributed by atoms with Gasteiger partial charge >= 0.3 is 0 Å². The lowest BCUT2D eigenvalue weighted by molar-refractivity contribution is -0.130. The second-order valence-corrected chi connectivity index (χ2v) is 7.62. The highest BCUT2D eigenvalue weighted by molar-refractivity contribution is 7.99. The molecule has 0 saturated carbocycles. The maximum atomic E-state index is 13.0. The van der Waals surface area contributed by atoms with Gasteiger partial charge in [-0.2, -0.15) is 5.10 Å². The molecule has 4 aromatic rings. The molecule has 0 bridgehead atoms. The Kier molecular flexibility index (Phi) is 4.65. The third kappa shape index (κ3) is 3.56. The second-order valence-electron chi connectivity index (χ2n) is 6.63. The van der Waals surface area contributed by atoms with Crippen molar-refractivity contribution in [3.05, 3.63) is 84.6 Å². The molecule has 3 aromatic heterocycles. The molecule has 1 aromatic carbocycles. The van der Waals surface area contributed by atoms with Gasteiger partial charge in [-0.3, -0.25) is 4.79 Å². The summed E-state index contributed by atoms with van der Waals surface area (Å²) in [7, 11) is 0. The van der Waals surface area contributed by atoms with Gasteiger partial charge in [-0.15, -0.1) is 0 Å². The van der Waals surface area contributed by atoms with E-state index in [1.54, 1.807) is 12.5 Å². The fourth-order valence-corrected chi connectivity index (χ4v) is 4.06. The van der Waals surface area contributed by atoms with E-state index in [0.717, 1.165) is 21.7 Å². The average Bonchev–Trinajstić information content (AvgIpc) is 3.51. The number of nitrogens with zero attached hydrogens (tertiary/aromatic N) is 3. The van der Waals surface area contributed by atoms with Crippen molar-refractivity contribution in [3.63, 3.8) is 0 Å². The van der Waals surface area contributed by atoms with Crippen molar-refractivity contribution in [1.29, 1.82) is 0 Å². The van der Waals surface area contributed by atoms with Crippen molar-refractivity contribution in [2.75, 3.05) is 5.75 Å². The summed E-state index contributed by atoms with van der Waals surface area (Å²) in [6.07, 6.45) is 3.86. The van der Waals surface area contributed by atoms with E-state index in [-0.39, 0.29) is 17.7 Å². The summed E-state index contributed by atoms with van der Waals surface area (Å²) in [5.74, 6) is 1.52. The molecule has 0 saturated heterocycles. The van der Waals surface area contributed by atoms with Gasteiger partial charge in [-0.1, -0.05) is 36.0 Å². The van der Waals surface area contributed by atoms with Crippen molar-refractivity contribution >= 4 is 34.3 Å². The summed E-state index contributed by atoms with van der Waals surface area (Å²) in [5, 5.41) is 7.94. The van der Waals surface area contributed by atoms with E-state index >= 15 is 0 Å². The van der Waals surface area contributed by atoms with Crippen LogP contribution in [0.2, 0.25) is 0 Å². The number of hydrogen-bond acceptors (Lipinski definition) is 6. The Morgan fingerprint density at radius 2 is 2.03 bits per heavy atom. The molecule has 1 unspecified atom stereocenters. The molecule has 0 spiro atoms. The van der Waals surface area contributed by atoms with Crippen LogP contribution in [0.4, 0.5) is 0 Å². The molecular formula is C22H17N3O3S. The molecule has 0 fully saturated rings. The third-order valence-corrected chi connectivity index (χ3v) is 5.66. The van der Waals surface area contributed by atoms with Gasteiger partial charge < -0.3 is 8.83 Å². The standard InChI is InChI=1S/C22H17N3O3S/c26-22(14-29-21-9-3-4-10-23-21)25-17(19-8-5-11-27-19)13-16(24-25)20-12-15-6-1-2-7-18(15)28-20/h1-12,17H,13-14H2. The van der Waals surface area contributed by atoms with Gasteiger partial charge in [0.25, 0.3) is 5.91 Å². The van der Waals surface area contributed by atoms with E-state index in [4.69, 9.17) is 8.83 Å². The number of pyridine rings is 1. The maximum Gasteiger partial charge on any atom is 0.253 e. The van der Waals surface area contributed by atoms with E-state index in [1.807, 2.05) is 60.7 Å². The summed E-state index contributed by atoms with van der Waals surface area (Å²) >= 11 is 1.39. The topological polar surface area (TPSA) is 71.8 Å². The Hall–Kier alpha value is -3.32. The largest absolute Gasteiger partial charge is 0.467 e. The Bertz CT molecular complexity index is 1140. The Morgan fingerprint density at radius 3 is 2.83 bits per heavy atom. The molecule has 0 N–H and O–H groups in total. The minimum absolute atomic E-state index is 0.104. The van der Waals surface area contributed by atoms with Gasteiger partial charge in [0.05, 0.1) is 17.0 Å². The van der Waals surface area contributed by atoms with Gasteiger partial charge in [-0.25, -0.2) is 9.99 Å². The van der Waals surface area contributed by atoms with Crippen LogP contribution in [0.3, 0.4) is 0 Å². The number of thioether (sulfide) groups is 1. The van der Waals surface area contributed by atoms with E-state index in [9.17, 15) is 4.79 Å². The van der Waals surface area contributed by atoms with E-state index in [1.165, 1.54) is 16.8 Å². The van der Waals surface area contributed by atoms with Crippen LogP contribution in [-0.2, 0) is 4.79 Å². The first-order valence-corrected chi connectivity index (χ1v) is 10.2. The summed E-state index contributed by atoms with van der Waals surface area (Å²) in [6, 6.07) is 18.8. The summed E-state index contributed by atoms with van der Waals surface area (Å²) in [4.78, 5) is 17.2. The third-order valence-electron chi connectivity index (χ3n) is 4.73. The van der Waals surface area contributed by atoms with E-state index < -0.39 is 0 Å². The minimum Gasteiger partial charge on any atom is -0.467 e. The van der Waals surface area contributed by atoms with Gasteiger partial charge in [0.1, 0.15) is 23.1 Å². The predicted molar refractivity (Wildman–Crippen MR) is 111 cm³/mol. The smallest absolute Gasteiger partial charge is 0.253 e. The summed E-state index contributed by atoms with van der Waals surface area (Å²) in [5.41, 5.74) is 1.54. The SMILES string of the molecule is O=C(CSc1ccccn1)N1N=C(c2cc3ccccc3o2)CC1c1ccco1. The number of hydrogen-bond donors (Lipinski definition) is 0. The zero-order valence-electron chi connectivity index (χ0n) is 15.4. The monoisotopic (exact) mass is 403 g/mol. The highest BCUT2D eigenvalue weighted by Crippen LogP contribution is 2.35. The number of carbonyl (C=O) groups excluding carboxylic acids is 1. The second kappa shape index (κ2) is 7.60. The predicted octanol–water partition coefficient (Wildman–Crippen LogP) is 4.89. The van der Waals surface area contributed by atoms with Gasteiger partial charge in [0, 0.05) is 18.0 Å². The molecule has 0 radical (unpaired) electrons. The van der Waals surface area contributed by atoms with Crippen molar-refractivity contribution < 1.29 is 13.6 Å². The number of carbonyl (C=O) groups is 1. The number of para-hydroxylation sites is 1. The number of hydrazone groups is 1. The summed E-state index contributed by atoms with van der Waals surface area (Å²) < 4.78 is 11.5. The number of amides is 1. The van der Waals surface area contributed by atoms with Crippen molar-refractivity contribution in [1.82, 2.24) is 9.99 Å². The Labute approximate surface area is 171 Å². The fraction of sp³-hybridized carbons (Fsp3) is 0.136. The van der Waals surface area contributed by atoms with Crippen LogP contribution in [0.1, 0.15) is 24.0 Å². The van der Waals surface area contributed by atoms with Gasteiger partial charge in [0.2, 0.25) is 0 Å². The van der Waals surface area contributed by atoms with Crippen LogP contribution >= 0.6 is 11.8 Å². The Morgan fingerprint density at radius 1 is 1.14 bits per heavy atom. The zero-order valence-corrected chi connectivity index (χ0v) is 16.2. The maximum absolute atomic E-state index is 13.0. The highest BCUT2D eigenvalue weighted by Gasteiger charge is 2.35. The molecule has 1 atom stereocenters. The van der Waals surface area contributed by atoms with Crippen LogP contribution in [0.25, 0.3) is 11.0 Å². The molecule has 144 valence electrons. The molecule has 1 aliphatic heterocycles. The van der Waals surface area contributed by atoms with Crippen molar-refractivity contribution in [2.24, 2.45) is 5.10 Å². The molecule has 6 nitrogen and oxygen atoms in total. The normalized spacial score (nSPS) is 16.3. The summed E-state index contributed by atoms with van der Waals surface area (Å²) in [6.45, 7) is 0. The lowest BCUT2D eigenvalue weighted by Gasteiger charge is -2.19. The molecule has 1 amide bonds. The quantitative estimate of drug-likeness (QED) is 0.444. The number of fused-ring (bicyclic) bond motifs is 1. The fourth-order valence-electron chi connectivity index (χ4n) is 3.35. The van der Waals surface area contributed by atoms with Crippen molar-refractivity contribution in [2.45, 2.75) is 17.5 Å². The lowest BCUT2D eigenvalue weighted by Crippen LogP contribution is -2.28. The molecule has 5 rings (SSSR count). The molecule has 1 aliphatic rings. The van der Waals surface area contributed by atoms with Crippen molar-refractivity contribution in [3.8, 4) is 0 Å². The number of rotatable bonds is 5. The molecule has 0 aliphatic carbocycles. The van der Waals surface area contributed by atoms with Gasteiger partial charge in [0.15, 0.2) is 5.76 Å². The van der Waals surface area contributed by atoms with Crippen LogP contribution in [-0.4, -0.2) is 27.4 Å². The first kappa shape index (κ1) is 17.8. The van der Waals surface area contributed by atoms with E-state index in [0.29, 0.717) is 17.9 Å². The lowest BCUT2D eigenvalue weighted by atomic mass is 10.1. The number of aromatic nitrogens is 1. The number of furan rings is 2. The van der Waals surface area contributed by atoms with Crippen LogP contribution in [0, 0.1) is 0 Å². The van der Waals surface area contributed by atoms with Crippen LogP contribution in [0.5, 0.6) is 0 Å². The molecule has 29 heavy (non-hydrogen) atoms. The Balaban J connectivity index is 1.42. The molecular weight excluding hydrogens is 386 g/mol. The first-order chi connectivity index (χ1) is 14.3. The molecule has 4 heterocycles. The van der Waals surface area contributed by atoms with E-state index in [2.05, 4.69) is 10.1 Å². The molecule has 7 heteroatoms. The minimum atomic E-state index is -0.287. The highest BCUT2D eigenvalue weighted by atomic mass is 32.2. The zero-order chi connectivity index (χ0) is 19.6. The first-order valence-electron chi connectivity index (χ1n) is 9.23.